The molecule has 0 aliphatic heterocycles. The smallest absolute Gasteiger partial charge is 0.200 e. The van der Waals surface area contributed by atoms with Crippen molar-refractivity contribution < 1.29 is 0 Å². The van der Waals surface area contributed by atoms with Crippen molar-refractivity contribution in [2.75, 3.05) is 0 Å². The number of hydrogen-bond donors (Lipinski definition) is 1. The van der Waals surface area contributed by atoms with Crippen LogP contribution in [0.4, 0.5) is 0 Å². The van der Waals surface area contributed by atoms with E-state index in [4.69, 9.17) is 11.6 Å². The molecule has 0 aliphatic carbocycles. The van der Waals surface area contributed by atoms with Gasteiger partial charge in [-0.3, -0.25) is 0 Å². The molecule has 2 nitrogen and oxygen atoms in total. The maximum atomic E-state index is 5.74. The average Bonchev–Trinajstić information content (AvgIpc) is 2.65. The summed E-state index contributed by atoms with van der Waals surface area (Å²) in [7, 11) is 0. The molecule has 0 atom stereocenters. The first-order chi connectivity index (χ1) is 7.65. The summed E-state index contributed by atoms with van der Waals surface area (Å²) in [5.41, 5.74) is 3.44. The number of aromatic nitrogens is 2. The monoisotopic (exact) mass is 234 g/mol. The largest absolute Gasteiger partial charge is 0.329 e. The van der Waals surface area contributed by atoms with E-state index in [0.717, 1.165) is 17.7 Å². The first kappa shape index (κ1) is 11.2. The lowest BCUT2D eigenvalue weighted by atomic mass is 10.0. The molecular formula is C13H15ClN2. The van der Waals surface area contributed by atoms with Crippen LogP contribution in [0.15, 0.2) is 30.5 Å². The highest BCUT2D eigenvalue weighted by Gasteiger charge is 2.02. The lowest BCUT2D eigenvalue weighted by Gasteiger charge is -2.05. The Bertz CT molecular complexity index is 457. The van der Waals surface area contributed by atoms with E-state index in [-0.39, 0.29) is 0 Å². The van der Waals surface area contributed by atoms with Crippen LogP contribution in [0.1, 0.15) is 19.4 Å². The summed E-state index contributed by atoms with van der Waals surface area (Å²) >= 11 is 5.74. The zero-order chi connectivity index (χ0) is 11.5. The van der Waals surface area contributed by atoms with Crippen LogP contribution in [-0.4, -0.2) is 9.97 Å². The predicted octanol–water partition coefficient (Wildman–Crippen LogP) is 3.93. The molecular weight excluding hydrogens is 220 g/mol. The van der Waals surface area contributed by atoms with Crippen molar-refractivity contribution in [1.82, 2.24) is 9.97 Å². The second-order valence-corrected chi connectivity index (χ2v) is 4.74. The zero-order valence-electron chi connectivity index (χ0n) is 9.50. The second-order valence-electron chi connectivity index (χ2n) is 4.38. The van der Waals surface area contributed by atoms with Gasteiger partial charge in [-0.05, 0) is 35.1 Å². The van der Waals surface area contributed by atoms with Crippen molar-refractivity contribution >= 4 is 11.6 Å². The van der Waals surface area contributed by atoms with E-state index in [1.54, 1.807) is 6.20 Å². The van der Waals surface area contributed by atoms with Gasteiger partial charge < -0.3 is 4.98 Å². The van der Waals surface area contributed by atoms with Crippen LogP contribution in [0.25, 0.3) is 11.3 Å². The topological polar surface area (TPSA) is 28.7 Å². The first-order valence-electron chi connectivity index (χ1n) is 5.45. The minimum Gasteiger partial charge on any atom is -0.329 e. The van der Waals surface area contributed by atoms with E-state index >= 15 is 0 Å². The number of rotatable bonds is 3. The summed E-state index contributed by atoms with van der Waals surface area (Å²) in [6.45, 7) is 4.45. The van der Waals surface area contributed by atoms with Gasteiger partial charge in [-0.25, -0.2) is 4.98 Å². The Morgan fingerprint density at radius 1 is 1.25 bits per heavy atom. The summed E-state index contributed by atoms with van der Waals surface area (Å²) < 4.78 is 0. The highest BCUT2D eigenvalue weighted by Crippen LogP contribution is 2.20. The van der Waals surface area contributed by atoms with Crippen LogP contribution in [0.3, 0.4) is 0 Å². The summed E-state index contributed by atoms with van der Waals surface area (Å²) in [6.07, 6.45) is 2.86. The number of benzene rings is 1. The van der Waals surface area contributed by atoms with Crippen LogP contribution in [0.2, 0.25) is 5.28 Å². The first-order valence-corrected chi connectivity index (χ1v) is 5.83. The molecule has 0 amide bonds. The molecule has 2 aromatic rings. The predicted molar refractivity (Wildman–Crippen MR) is 67.6 cm³/mol. The number of imidazole rings is 1. The summed E-state index contributed by atoms with van der Waals surface area (Å²) in [5.74, 6) is 0.687. The van der Waals surface area contributed by atoms with Gasteiger partial charge in [0, 0.05) is 0 Å². The third-order valence-corrected chi connectivity index (χ3v) is 2.65. The van der Waals surface area contributed by atoms with E-state index in [2.05, 4.69) is 48.1 Å². The van der Waals surface area contributed by atoms with Crippen molar-refractivity contribution in [2.24, 2.45) is 5.92 Å². The molecule has 84 valence electrons. The fourth-order valence-electron chi connectivity index (χ4n) is 1.74. The summed E-state index contributed by atoms with van der Waals surface area (Å²) in [6, 6.07) is 8.51. The van der Waals surface area contributed by atoms with Gasteiger partial charge in [-0.1, -0.05) is 38.1 Å². The van der Waals surface area contributed by atoms with Crippen LogP contribution in [-0.2, 0) is 6.42 Å². The molecule has 3 heteroatoms. The fourth-order valence-corrected chi connectivity index (χ4v) is 1.89. The number of hydrogen-bond acceptors (Lipinski definition) is 1. The summed E-state index contributed by atoms with van der Waals surface area (Å²) in [4.78, 5) is 6.98. The number of nitrogens with zero attached hydrogens (tertiary/aromatic N) is 1. The van der Waals surface area contributed by atoms with Crippen molar-refractivity contribution in [2.45, 2.75) is 20.3 Å². The Balaban J connectivity index is 2.19. The van der Waals surface area contributed by atoms with Crippen molar-refractivity contribution in [3.8, 4) is 11.3 Å². The molecule has 0 saturated heterocycles. The van der Waals surface area contributed by atoms with Gasteiger partial charge in [0.25, 0.3) is 0 Å². The quantitative estimate of drug-likeness (QED) is 0.857. The van der Waals surface area contributed by atoms with Gasteiger partial charge in [0.15, 0.2) is 5.28 Å². The van der Waals surface area contributed by atoms with Gasteiger partial charge in [0.05, 0.1) is 11.9 Å². The number of halogens is 1. The van der Waals surface area contributed by atoms with Crippen molar-refractivity contribution in [3.63, 3.8) is 0 Å². The van der Waals surface area contributed by atoms with Gasteiger partial charge in [0.2, 0.25) is 0 Å². The van der Waals surface area contributed by atoms with E-state index in [0.29, 0.717) is 11.2 Å². The van der Waals surface area contributed by atoms with Crippen LogP contribution >= 0.6 is 11.6 Å². The molecule has 16 heavy (non-hydrogen) atoms. The fraction of sp³-hybridized carbons (Fsp3) is 0.308. The third kappa shape index (κ3) is 2.64. The van der Waals surface area contributed by atoms with Gasteiger partial charge in [-0.15, -0.1) is 0 Å². The molecule has 0 spiro atoms. The minimum absolute atomic E-state index is 0.432. The molecule has 2 rings (SSSR count). The Labute approximate surface area is 101 Å². The number of H-pyrrole nitrogens is 1. The highest BCUT2D eigenvalue weighted by atomic mass is 35.5. The molecule has 1 N–H and O–H groups in total. The van der Waals surface area contributed by atoms with Crippen molar-refractivity contribution in [1.29, 1.82) is 0 Å². The van der Waals surface area contributed by atoms with Gasteiger partial charge >= 0.3 is 0 Å². The minimum atomic E-state index is 0.432. The van der Waals surface area contributed by atoms with E-state index in [1.807, 2.05) is 0 Å². The van der Waals surface area contributed by atoms with E-state index < -0.39 is 0 Å². The van der Waals surface area contributed by atoms with Gasteiger partial charge in [0.1, 0.15) is 0 Å². The molecule has 1 aromatic heterocycles. The molecule has 0 bridgehead atoms. The maximum Gasteiger partial charge on any atom is 0.200 e. The van der Waals surface area contributed by atoms with Crippen LogP contribution in [0.5, 0.6) is 0 Å². The maximum absolute atomic E-state index is 5.74. The highest BCUT2D eigenvalue weighted by molar-refractivity contribution is 6.28. The Morgan fingerprint density at radius 3 is 2.44 bits per heavy atom. The zero-order valence-corrected chi connectivity index (χ0v) is 10.3. The van der Waals surface area contributed by atoms with E-state index in [9.17, 15) is 0 Å². The second kappa shape index (κ2) is 4.71. The van der Waals surface area contributed by atoms with E-state index in [1.165, 1.54) is 5.56 Å². The third-order valence-electron chi connectivity index (χ3n) is 2.45. The van der Waals surface area contributed by atoms with Crippen LogP contribution in [0, 0.1) is 5.92 Å². The standard InChI is InChI=1S/C13H15ClN2/c1-9(2)7-10-3-5-11(6-4-10)12-8-15-13(14)16-12/h3-6,8-9H,7H2,1-2H3,(H,15,16). The number of aromatic amines is 1. The SMILES string of the molecule is CC(C)Cc1ccc(-c2cnc(Cl)[nH]2)cc1. The Kier molecular flexibility index (Phi) is 3.30. The lowest BCUT2D eigenvalue weighted by Crippen LogP contribution is -1.93. The van der Waals surface area contributed by atoms with Crippen LogP contribution < -0.4 is 0 Å². The molecule has 0 saturated carbocycles. The number of nitrogens with one attached hydrogen (secondary N) is 1. The molecule has 0 unspecified atom stereocenters. The molecule has 1 aromatic carbocycles. The summed E-state index contributed by atoms with van der Waals surface area (Å²) in [5, 5.41) is 0.432. The lowest BCUT2D eigenvalue weighted by molar-refractivity contribution is 0.647. The Hall–Kier alpha value is -1.28. The molecule has 0 radical (unpaired) electrons. The van der Waals surface area contributed by atoms with Crippen molar-refractivity contribution in [3.05, 3.63) is 41.3 Å². The normalized spacial score (nSPS) is 11.0. The molecule has 1 heterocycles. The Morgan fingerprint density at radius 2 is 1.94 bits per heavy atom. The molecule has 0 aliphatic rings. The average molecular weight is 235 g/mol. The molecule has 0 fully saturated rings. The van der Waals surface area contributed by atoms with Gasteiger partial charge in [-0.2, -0.15) is 0 Å².